The molecule has 0 bridgehead atoms. The summed E-state index contributed by atoms with van der Waals surface area (Å²) in [7, 11) is 0. The van der Waals surface area contributed by atoms with E-state index < -0.39 is 29.3 Å². The number of hydrogen-bond donors (Lipinski definition) is 0. The molecule has 1 atom stereocenters. The number of hydrogen-bond acceptors (Lipinski definition) is 6. The Hall–Kier alpha value is -4.23. The van der Waals surface area contributed by atoms with Crippen molar-refractivity contribution in [1.82, 2.24) is 4.90 Å². The summed E-state index contributed by atoms with van der Waals surface area (Å²) in [5.74, 6) is -2.59. The van der Waals surface area contributed by atoms with Crippen molar-refractivity contribution in [2.75, 3.05) is 0 Å². The number of para-hydroxylation sites is 1. The SMILES string of the molecule is C[C@@H](C(=O)Oc1c(-c2ccccc2Cl)oc2ccccc2c1=O)N1C(=O)c2ccccc2C1=O. The van der Waals surface area contributed by atoms with Gasteiger partial charge < -0.3 is 9.15 Å². The highest BCUT2D eigenvalue weighted by atomic mass is 35.5. The first kappa shape index (κ1) is 21.6. The van der Waals surface area contributed by atoms with E-state index in [9.17, 15) is 19.2 Å². The topological polar surface area (TPSA) is 93.9 Å². The maximum absolute atomic E-state index is 13.3. The van der Waals surface area contributed by atoms with Gasteiger partial charge >= 0.3 is 5.97 Å². The van der Waals surface area contributed by atoms with Crippen molar-refractivity contribution in [3.8, 4) is 17.1 Å². The van der Waals surface area contributed by atoms with Gasteiger partial charge in [0.15, 0.2) is 5.76 Å². The molecule has 0 fully saturated rings. The van der Waals surface area contributed by atoms with Crippen molar-refractivity contribution in [2.45, 2.75) is 13.0 Å². The highest BCUT2D eigenvalue weighted by Crippen LogP contribution is 2.35. The number of carbonyl (C=O) groups is 3. The number of fused-ring (bicyclic) bond motifs is 2. The van der Waals surface area contributed by atoms with Crippen LogP contribution < -0.4 is 10.2 Å². The van der Waals surface area contributed by atoms with Crippen LogP contribution in [0.15, 0.2) is 82.0 Å². The van der Waals surface area contributed by atoms with E-state index in [-0.39, 0.29) is 38.6 Å². The fourth-order valence-electron chi connectivity index (χ4n) is 3.89. The van der Waals surface area contributed by atoms with Gasteiger partial charge in [-0.05, 0) is 43.3 Å². The number of rotatable bonds is 4. The maximum Gasteiger partial charge on any atom is 0.334 e. The quantitative estimate of drug-likeness (QED) is 0.315. The molecule has 1 aliphatic heterocycles. The molecule has 0 N–H and O–H groups in total. The summed E-state index contributed by atoms with van der Waals surface area (Å²) in [5, 5.41) is 0.487. The number of imide groups is 1. The average Bonchev–Trinajstić information content (AvgIpc) is 3.10. The van der Waals surface area contributed by atoms with Crippen LogP contribution in [0.2, 0.25) is 5.02 Å². The van der Waals surface area contributed by atoms with E-state index >= 15 is 0 Å². The van der Waals surface area contributed by atoms with Crippen LogP contribution in [0.4, 0.5) is 0 Å². The highest BCUT2D eigenvalue weighted by molar-refractivity contribution is 6.33. The van der Waals surface area contributed by atoms with E-state index in [1.165, 1.54) is 19.1 Å². The molecule has 34 heavy (non-hydrogen) atoms. The molecule has 0 spiro atoms. The largest absolute Gasteiger partial charge is 0.452 e. The van der Waals surface area contributed by atoms with Crippen LogP contribution in [-0.4, -0.2) is 28.7 Å². The average molecular weight is 474 g/mol. The molecule has 1 aliphatic rings. The van der Waals surface area contributed by atoms with Gasteiger partial charge in [-0.15, -0.1) is 0 Å². The predicted molar refractivity (Wildman–Crippen MR) is 125 cm³/mol. The first-order valence-electron chi connectivity index (χ1n) is 10.4. The minimum absolute atomic E-state index is 0.0304. The molecule has 4 aromatic rings. The van der Waals surface area contributed by atoms with Crippen molar-refractivity contribution in [3.63, 3.8) is 0 Å². The number of amides is 2. The maximum atomic E-state index is 13.3. The van der Waals surface area contributed by atoms with Gasteiger partial charge in [-0.3, -0.25) is 19.3 Å². The lowest BCUT2D eigenvalue weighted by Crippen LogP contribution is -2.45. The van der Waals surface area contributed by atoms with Crippen molar-refractivity contribution in [1.29, 1.82) is 0 Å². The Balaban J connectivity index is 1.57. The van der Waals surface area contributed by atoms with Crippen LogP contribution in [0.25, 0.3) is 22.3 Å². The third-order valence-corrected chi connectivity index (χ3v) is 5.96. The van der Waals surface area contributed by atoms with Crippen LogP contribution in [0.5, 0.6) is 5.75 Å². The van der Waals surface area contributed by atoms with Crippen LogP contribution in [-0.2, 0) is 4.79 Å². The van der Waals surface area contributed by atoms with Gasteiger partial charge in [-0.25, -0.2) is 4.79 Å². The molecule has 0 radical (unpaired) electrons. The van der Waals surface area contributed by atoms with E-state index in [2.05, 4.69) is 0 Å². The van der Waals surface area contributed by atoms with Crippen molar-refractivity contribution < 1.29 is 23.5 Å². The Morgan fingerprint density at radius 3 is 2.06 bits per heavy atom. The van der Waals surface area contributed by atoms with Gasteiger partial charge in [-0.2, -0.15) is 0 Å². The minimum atomic E-state index is -1.29. The molecule has 168 valence electrons. The fourth-order valence-corrected chi connectivity index (χ4v) is 4.11. The Labute approximate surface area is 198 Å². The van der Waals surface area contributed by atoms with Gasteiger partial charge in [0.2, 0.25) is 11.2 Å². The normalized spacial score (nSPS) is 13.8. The molecule has 0 aliphatic carbocycles. The molecular weight excluding hydrogens is 458 g/mol. The van der Waals surface area contributed by atoms with Gasteiger partial charge in [0.1, 0.15) is 11.6 Å². The zero-order valence-corrected chi connectivity index (χ0v) is 18.5. The third-order valence-electron chi connectivity index (χ3n) is 5.63. The zero-order valence-electron chi connectivity index (χ0n) is 17.8. The zero-order chi connectivity index (χ0) is 24.0. The van der Waals surface area contributed by atoms with Gasteiger partial charge in [-0.1, -0.05) is 48.0 Å². The summed E-state index contributed by atoms with van der Waals surface area (Å²) in [6.07, 6.45) is 0. The molecule has 7 nitrogen and oxygen atoms in total. The smallest absolute Gasteiger partial charge is 0.334 e. The Morgan fingerprint density at radius 1 is 0.853 bits per heavy atom. The molecule has 0 unspecified atom stereocenters. The number of esters is 1. The van der Waals surface area contributed by atoms with Crippen LogP contribution in [0.1, 0.15) is 27.6 Å². The lowest BCUT2D eigenvalue weighted by atomic mass is 10.1. The fraction of sp³-hybridized carbons (Fsp3) is 0.0769. The second kappa shape index (κ2) is 8.28. The summed E-state index contributed by atoms with van der Waals surface area (Å²) in [5.41, 5.74) is 0.460. The van der Waals surface area contributed by atoms with E-state index in [1.807, 2.05) is 0 Å². The predicted octanol–water partition coefficient (Wildman–Crippen LogP) is 4.70. The molecule has 1 aromatic heterocycles. The first-order valence-corrected chi connectivity index (χ1v) is 10.8. The number of halogens is 1. The third kappa shape index (κ3) is 3.38. The number of ether oxygens (including phenoxy) is 1. The van der Waals surface area contributed by atoms with Crippen molar-refractivity contribution in [2.24, 2.45) is 0 Å². The standard InChI is InChI=1S/C26H16ClNO6/c1-14(28-24(30)15-8-2-3-9-16(15)25(28)31)26(32)34-23-21(29)18-11-5-7-13-20(18)33-22(23)17-10-4-6-12-19(17)27/h2-14H,1H3/t14-/m0/s1. The highest BCUT2D eigenvalue weighted by Gasteiger charge is 2.41. The molecule has 3 aromatic carbocycles. The summed E-state index contributed by atoms with van der Waals surface area (Å²) < 4.78 is 11.4. The lowest BCUT2D eigenvalue weighted by Gasteiger charge is -2.21. The molecule has 8 heteroatoms. The number of nitrogens with zero attached hydrogens (tertiary/aromatic N) is 1. The summed E-state index contributed by atoms with van der Waals surface area (Å²) in [6.45, 7) is 1.36. The Bertz CT molecular complexity index is 1520. The monoisotopic (exact) mass is 473 g/mol. The molecular formula is C26H16ClNO6. The van der Waals surface area contributed by atoms with Crippen molar-refractivity contribution in [3.05, 3.63) is 99.2 Å². The van der Waals surface area contributed by atoms with Crippen LogP contribution in [0, 0.1) is 0 Å². The van der Waals surface area contributed by atoms with Gasteiger partial charge in [0, 0.05) is 5.56 Å². The van der Waals surface area contributed by atoms with Crippen LogP contribution in [0.3, 0.4) is 0 Å². The molecule has 2 heterocycles. The van der Waals surface area contributed by atoms with Crippen LogP contribution >= 0.6 is 11.6 Å². The molecule has 5 rings (SSSR count). The number of carbonyl (C=O) groups excluding carboxylic acids is 3. The second-order valence-corrected chi connectivity index (χ2v) is 8.10. The molecule has 2 amide bonds. The second-order valence-electron chi connectivity index (χ2n) is 7.69. The molecule has 0 saturated heterocycles. The summed E-state index contributed by atoms with van der Waals surface area (Å²) >= 11 is 6.33. The van der Waals surface area contributed by atoms with Crippen molar-refractivity contribution >= 4 is 40.4 Å². The molecule has 0 saturated carbocycles. The van der Waals surface area contributed by atoms with E-state index in [4.69, 9.17) is 20.8 Å². The van der Waals surface area contributed by atoms with Gasteiger partial charge in [0.05, 0.1) is 21.5 Å². The summed E-state index contributed by atoms with van der Waals surface area (Å²) in [4.78, 5) is 52.8. The Morgan fingerprint density at radius 2 is 1.41 bits per heavy atom. The van der Waals surface area contributed by atoms with E-state index in [0.717, 1.165) is 4.90 Å². The first-order chi connectivity index (χ1) is 16.4. The lowest BCUT2D eigenvalue weighted by molar-refractivity contribution is -0.138. The minimum Gasteiger partial charge on any atom is -0.452 e. The van der Waals surface area contributed by atoms with Gasteiger partial charge in [0.25, 0.3) is 11.8 Å². The number of benzene rings is 3. The van der Waals surface area contributed by atoms with E-state index in [1.54, 1.807) is 60.7 Å². The Kier molecular flexibility index (Phi) is 5.26. The van der Waals surface area contributed by atoms with E-state index in [0.29, 0.717) is 5.56 Å². The summed E-state index contributed by atoms with van der Waals surface area (Å²) in [6, 6.07) is 18.2.